The maximum absolute atomic E-state index is 10.2. The van der Waals surface area contributed by atoms with E-state index in [9.17, 15) is 4.79 Å². The van der Waals surface area contributed by atoms with Crippen LogP contribution in [-0.4, -0.2) is 43.0 Å². The molecule has 0 aromatic carbocycles. The van der Waals surface area contributed by atoms with Gasteiger partial charge in [-0.2, -0.15) is 5.10 Å². The summed E-state index contributed by atoms with van der Waals surface area (Å²) >= 11 is 0. The van der Waals surface area contributed by atoms with Crippen molar-refractivity contribution in [2.45, 2.75) is 65.6 Å². The molecule has 4 N–H and O–H groups in total. The molecule has 7 nitrogen and oxygen atoms in total. The van der Waals surface area contributed by atoms with E-state index in [4.69, 9.17) is 5.73 Å². The van der Waals surface area contributed by atoms with Crippen LogP contribution in [0.3, 0.4) is 0 Å². The van der Waals surface area contributed by atoms with E-state index in [0.29, 0.717) is 31.4 Å². The van der Waals surface area contributed by atoms with E-state index in [2.05, 4.69) is 27.4 Å². The zero-order chi connectivity index (χ0) is 19.9. The van der Waals surface area contributed by atoms with Crippen molar-refractivity contribution < 1.29 is 9.53 Å². The maximum atomic E-state index is 10.2. The normalized spacial score (nSPS) is 14.1. The third-order valence-electron chi connectivity index (χ3n) is 3.64. The molecular formula is C19H37N5O2. The van der Waals surface area contributed by atoms with E-state index in [1.165, 1.54) is 12.8 Å². The summed E-state index contributed by atoms with van der Waals surface area (Å²) in [5.41, 5.74) is 8.22. The van der Waals surface area contributed by atoms with Crippen LogP contribution in [-0.2, 0) is 16.1 Å². The van der Waals surface area contributed by atoms with Crippen molar-refractivity contribution in [3.63, 3.8) is 0 Å². The van der Waals surface area contributed by atoms with Crippen molar-refractivity contribution in [1.29, 1.82) is 0 Å². The summed E-state index contributed by atoms with van der Waals surface area (Å²) in [7, 11) is 3.25. The summed E-state index contributed by atoms with van der Waals surface area (Å²) in [4.78, 5) is 10.2. The highest BCUT2D eigenvalue weighted by molar-refractivity contribution is 5.64. The van der Waals surface area contributed by atoms with Gasteiger partial charge in [-0.15, -0.1) is 0 Å². The number of allylic oxidation sites excluding steroid dienone is 1. The van der Waals surface area contributed by atoms with Gasteiger partial charge in [0.05, 0.1) is 5.69 Å². The molecule has 1 atom stereocenters. The molecule has 7 heteroatoms. The van der Waals surface area contributed by atoms with Gasteiger partial charge in [-0.3, -0.25) is 4.79 Å². The lowest BCUT2D eigenvalue weighted by atomic mass is 10.1. The van der Waals surface area contributed by atoms with Crippen LogP contribution in [0.5, 0.6) is 0 Å². The Morgan fingerprint density at radius 1 is 1.38 bits per heavy atom. The molecule has 1 aromatic rings. The van der Waals surface area contributed by atoms with Gasteiger partial charge in [-0.1, -0.05) is 26.0 Å². The highest BCUT2D eigenvalue weighted by atomic mass is 16.4. The standard InChI is InChI=1S/C15H25N5O.C2H6O.C2H6/c1-3-5-13-14(11(2)18-12-6-7-12)19-20(15(13)16)9-4-8-17-10-21;1-3-2;1-2/h3,5,10-12,18H,4,6-9,16H2,1-2H3,(H,17,21);1-2H3;1-2H3/b5-3-;;. The molecular weight excluding hydrogens is 330 g/mol. The largest absolute Gasteiger partial charge is 0.388 e. The number of nitrogens with zero attached hydrogens (tertiary/aromatic N) is 2. The van der Waals surface area contributed by atoms with Gasteiger partial charge >= 0.3 is 0 Å². The second-order valence-corrected chi connectivity index (χ2v) is 5.90. The van der Waals surface area contributed by atoms with Gasteiger partial charge in [0, 0.05) is 45.0 Å². The second-order valence-electron chi connectivity index (χ2n) is 5.90. The van der Waals surface area contributed by atoms with Gasteiger partial charge in [0.2, 0.25) is 6.41 Å². The first-order valence-corrected chi connectivity index (χ1v) is 9.41. The molecule has 26 heavy (non-hydrogen) atoms. The summed E-state index contributed by atoms with van der Waals surface area (Å²) in [5, 5.41) is 10.9. The van der Waals surface area contributed by atoms with Crippen LogP contribution >= 0.6 is 0 Å². The minimum atomic E-state index is 0.195. The van der Waals surface area contributed by atoms with Crippen LogP contribution in [0.1, 0.15) is 64.3 Å². The minimum Gasteiger partial charge on any atom is -0.388 e. The number of hydrogen-bond acceptors (Lipinski definition) is 5. The number of rotatable bonds is 9. The third-order valence-corrected chi connectivity index (χ3v) is 3.64. The zero-order valence-electron chi connectivity index (χ0n) is 17.2. The minimum absolute atomic E-state index is 0.195. The number of nitrogens with one attached hydrogen (secondary N) is 2. The monoisotopic (exact) mass is 367 g/mol. The molecule has 0 radical (unpaired) electrons. The lowest BCUT2D eigenvalue weighted by molar-refractivity contribution is -0.109. The van der Waals surface area contributed by atoms with Gasteiger partial charge in [0.15, 0.2) is 0 Å². The molecule has 1 aromatic heterocycles. The summed E-state index contributed by atoms with van der Waals surface area (Å²) in [5.74, 6) is 0.693. The maximum Gasteiger partial charge on any atom is 0.207 e. The molecule has 1 aliphatic rings. The molecule has 2 rings (SSSR count). The number of carbonyl (C=O) groups excluding carboxylic acids is 1. The van der Waals surface area contributed by atoms with Crippen molar-refractivity contribution in [3.05, 3.63) is 17.3 Å². The first-order chi connectivity index (χ1) is 12.6. The van der Waals surface area contributed by atoms with Gasteiger partial charge in [0.25, 0.3) is 0 Å². The van der Waals surface area contributed by atoms with Crippen LogP contribution in [0.4, 0.5) is 5.82 Å². The van der Waals surface area contributed by atoms with Gasteiger partial charge < -0.3 is 21.1 Å². The van der Waals surface area contributed by atoms with E-state index in [-0.39, 0.29) is 6.04 Å². The number of hydrogen-bond donors (Lipinski definition) is 3. The van der Waals surface area contributed by atoms with Gasteiger partial charge in [-0.25, -0.2) is 4.68 Å². The van der Waals surface area contributed by atoms with Crippen molar-refractivity contribution in [1.82, 2.24) is 20.4 Å². The number of aryl methyl sites for hydroxylation is 1. The van der Waals surface area contributed by atoms with E-state index in [0.717, 1.165) is 17.7 Å². The Kier molecular flexibility index (Phi) is 13.3. The number of carbonyl (C=O) groups is 1. The Morgan fingerprint density at radius 2 is 2.00 bits per heavy atom. The fraction of sp³-hybridized carbons (Fsp3) is 0.684. The number of aromatic nitrogens is 2. The first kappa shape index (κ1) is 24.1. The van der Waals surface area contributed by atoms with E-state index in [1.807, 2.05) is 37.6 Å². The summed E-state index contributed by atoms with van der Waals surface area (Å²) < 4.78 is 6.09. The zero-order valence-corrected chi connectivity index (χ0v) is 17.2. The van der Waals surface area contributed by atoms with E-state index in [1.54, 1.807) is 14.2 Å². The highest BCUT2D eigenvalue weighted by Gasteiger charge is 2.26. The van der Waals surface area contributed by atoms with E-state index < -0.39 is 0 Å². The van der Waals surface area contributed by atoms with Crippen LogP contribution in [0, 0.1) is 0 Å². The molecule has 1 amide bonds. The number of ether oxygens (including phenoxy) is 1. The number of anilines is 1. The van der Waals surface area contributed by atoms with Crippen LogP contribution in [0.15, 0.2) is 6.08 Å². The van der Waals surface area contributed by atoms with Gasteiger partial charge in [0.1, 0.15) is 5.82 Å². The molecule has 0 aliphatic heterocycles. The molecule has 150 valence electrons. The first-order valence-electron chi connectivity index (χ1n) is 9.41. The lowest BCUT2D eigenvalue weighted by Crippen LogP contribution is -2.22. The summed E-state index contributed by atoms with van der Waals surface area (Å²) in [6.07, 6.45) is 8.02. The predicted octanol–water partition coefficient (Wildman–Crippen LogP) is 2.74. The van der Waals surface area contributed by atoms with Crippen LogP contribution < -0.4 is 16.4 Å². The van der Waals surface area contributed by atoms with Gasteiger partial charge in [-0.05, 0) is 33.1 Å². The number of nitrogens with two attached hydrogens (primary N) is 1. The smallest absolute Gasteiger partial charge is 0.207 e. The molecule has 0 spiro atoms. The SMILES string of the molecule is C/C=C\c1c(C(C)NC2CC2)nn(CCCNC=O)c1N.CC.COC. The topological polar surface area (TPSA) is 94.2 Å². The number of amides is 1. The fourth-order valence-corrected chi connectivity index (χ4v) is 2.41. The average Bonchev–Trinajstić information content (AvgIpc) is 3.40. The Morgan fingerprint density at radius 3 is 2.50 bits per heavy atom. The summed E-state index contributed by atoms with van der Waals surface area (Å²) in [6.45, 7) is 9.44. The van der Waals surface area contributed by atoms with Crippen LogP contribution in [0.25, 0.3) is 6.08 Å². The number of methoxy groups -OCH3 is 1. The summed E-state index contributed by atoms with van der Waals surface area (Å²) in [6, 6.07) is 0.821. The highest BCUT2D eigenvalue weighted by Crippen LogP contribution is 2.28. The Bertz CT molecular complexity index is 524. The van der Waals surface area contributed by atoms with Crippen molar-refractivity contribution in [3.8, 4) is 0 Å². The fourth-order valence-electron chi connectivity index (χ4n) is 2.41. The average molecular weight is 368 g/mol. The quantitative estimate of drug-likeness (QED) is 0.461. The predicted molar refractivity (Wildman–Crippen MR) is 109 cm³/mol. The Balaban J connectivity index is 0.00000113. The molecule has 0 saturated heterocycles. The van der Waals surface area contributed by atoms with Crippen molar-refractivity contribution in [2.75, 3.05) is 26.5 Å². The van der Waals surface area contributed by atoms with Crippen LogP contribution in [0.2, 0.25) is 0 Å². The molecule has 1 fully saturated rings. The third kappa shape index (κ3) is 8.49. The Labute approximate surface area is 158 Å². The molecule has 1 unspecified atom stereocenters. The molecule has 1 saturated carbocycles. The molecule has 1 heterocycles. The number of nitrogen functional groups attached to an aromatic ring is 1. The molecule has 1 aliphatic carbocycles. The van der Waals surface area contributed by atoms with Crippen molar-refractivity contribution >= 4 is 18.3 Å². The second kappa shape index (κ2) is 14.3. The van der Waals surface area contributed by atoms with Crippen molar-refractivity contribution in [2.24, 2.45) is 0 Å². The lowest BCUT2D eigenvalue weighted by Gasteiger charge is -2.11. The molecule has 0 bridgehead atoms. The van der Waals surface area contributed by atoms with E-state index >= 15 is 0 Å². The Hall–Kier alpha value is -1.86.